The first kappa shape index (κ1) is 25.1. The standard InChI is InChI=1S/C32H36N4/c1-22-14-15-29(24(3)16-22)21-33-30-12-9-11-28(18-30)20-34-32(36-27(6)26(5)19-35-36)17-25(4)31-13-8-7-10-23(31)2/h7-19,33-34H,4,20-21H2,1-3,5-6H3/b32-17-. The van der Waals surface area contributed by atoms with Gasteiger partial charge in [-0.1, -0.05) is 66.7 Å². The Morgan fingerprint density at radius 3 is 2.39 bits per heavy atom. The number of hydrogen-bond acceptors (Lipinski definition) is 3. The van der Waals surface area contributed by atoms with Crippen molar-refractivity contribution in [3.05, 3.63) is 130 Å². The van der Waals surface area contributed by atoms with E-state index in [1.165, 1.54) is 27.8 Å². The average Bonchev–Trinajstić information content (AvgIpc) is 3.19. The van der Waals surface area contributed by atoms with Crippen molar-refractivity contribution in [2.75, 3.05) is 5.32 Å². The minimum Gasteiger partial charge on any atom is -0.381 e. The normalized spacial score (nSPS) is 11.4. The van der Waals surface area contributed by atoms with Gasteiger partial charge in [0.25, 0.3) is 0 Å². The van der Waals surface area contributed by atoms with E-state index in [1.54, 1.807) is 0 Å². The second kappa shape index (κ2) is 11.1. The summed E-state index contributed by atoms with van der Waals surface area (Å²) in [6.07, 6.45) is 3.99. The van der Waals surface area contributed by atoms with Gasteiger partial charge in [0.1, 0.15) is 5.82 Å². The van der Waals surface area contributed by atoms with Crippen LogP contribution in [0.1, 0.15) is 44.6 Å². The van der Waals surface area contributed by atoms with Gasteiger partial charge in [-0.25, -0.2) is 4.68 Å². The zero-order chi connectivity index (χ0) is 25.7. The van der Waals surface area contributed by atoms with Gasteiger partial charge in [-0.3, -0.25) is 0 Å². The molecule has 1 aromatic heterocycles. The lowest BCUT2D eigenvalue weighted by atomic mass is 10.0. The highest BCUT2D eigenvalue weighted by molar-refractivity contribution is 5.79. The smallest absolute Gasteiger partial charge is 0.128 e. The summed E-state index contributed by atoms with van der Waals surface area (Å²) in [7, 11) is 0. The molecule has 0 fully saturated rings. The summed E-state index contributed by atoms with van der Waals surface area (Å²) >= 11 is 0. The van der Waals surface area contributed by atoms with Crippen molar-refractivity contribution in [3.63, 3.8) is 0 Å². The van der Waals surface area contributed by atoms with Crippen LogP contribution >= 0.6 is 0 Å². The predicted molar refractivity (Wildman–Crippen MR) is 153 cm³/mol. The molecule has 0 saturated heterocycles. The van der Waals surface area contributed by atoms with E-state index in [2.05, 4.69) is 124 Å². The number of aromatic nitrogens is 2. The molecule has 0 atom stereocenters. The molecule has 0 unspecified atom stereocenters. The van der Waals surface area contributed by atoms with E-state index in [4.69, 9.17) is 0 Å². The second-order valence-electron chi connectivity index (χ2n) is 9.53. The molecule has 4 nitrogen and oxygen atoms in total. The Balaban J connectivity index is 1.52. The summed E-state index contributed by atoms with van der Waals surface area (Å²) < 4.78 is 1.96. The summed E-state index contributed by atoms with van der Waals surface area (Å²) in [5.41, 5.74) is 11.8. The Morgan fingerprint density at radius 2 is 1.67 bits per heavy atom. The molecule has 4 rings (SSSR count). The van der Waals surface area contributed by atoms with Crippen molar-refractivity contribution in [2.45, 2.75) is 47.7 Å². The number of benzene rings is 3. The van der Waals surface area contributed by atoms with Gasteiger partial charge in [0.2, 0.25) is 0 Å². The van der Waals surface area contributed by atoms with Gasteiger partial charge in [0, 0.05) is 24.5 Å². The quantitative estimate of drug-likeness (QED) is 0.248. The van der Waals surface area contributed by atoms with E-state index in [9.17, 15) is 0 Å². The Morgan fingerprint density at radius 1 is 0.861 bits per heavy atom. The number of nitrogens with zero attached hydrogens (tertiary/aromatic N) is 2. The van der Waals surface area contributed by atoms with Gasteiger partial charge in [0.05, 0.1) is 6.20 Å². The average molecular weight is 477 g/mol. The molecule has 0 radical (unpaired) electrons. The van der Waals surface area contributed by atoms with Gasteiger partial charge in [-0.15, -0.1) is 0 Å². The van der Waals surface area contributed by atoms with Crippen molar-refractivity contribution in [3.8, 4) is 0 Å². The number of hydrogen-bond donors (Lipinski definition) is 2. The monoisotopic (exact) mass is 476 g/mol. The molecule has 0 saturated carbocycles. The first-order chi connectivity index (χ1) is 17.3. The molecule has 36 heavy (non-hydrogen) atoms. The van der Waals surface area contributed by atoms with Gasteiger partial charge >= 0.3 is 0 Å². The number of nitrogens with one attached hydrogen (secondary N) is 2. The fraction of sp³-hybridized carbons (Fsp3) is 0.219. The molecule has 184 valence electrons. The lowest BCUT2D eigenvalue weighted by Gasteiger charge is -2.16. The molecule has 0 aliphatic rings. The lowest BCUT2D eigenvalue weighted by Crippen LogP contribution is -2.19. The lowest BCUT2D eigenvalue weighted by molar-refractivity contribution is 0.756. The summed E-state index contributed by atoms with van der Waals surface area (Å²) in [6, 6.07) is 23.5. The van der Waals surface area contributed by atoms with Crippen LogP contribution in [0.2, 0.25) is 0 Å². The zero-order valence-electron chi connectivity index (χ0n) is 22.0. The van der Waals surface area contributed by atoms with E-state index in [-0.39, 0.29) is 0 Å². The molecule has 0 aliphatic heterocycles. The molecule has 0 bridgehead atoms. The molecule has 2 N–H and O–H groups in total. The SMILES string of the molecule is C=C(/C=C(/NCc1cccc(NCc2ccc(C)cc2C)c1)n1ncc(C)c1C)c1ccccc1C. The van der Waals surface area contributed by atoms with Gasteiger partial charge in [0.15, 0.2) is 0 Å². The highest BCUT2D eigenvalue weighted by Crippen LogP contribution is 2.22. The third kappa shape index (κ3) is 5.95. The van der Waals surface area contributed by atoms with Crippen LogP contribution in [0.25, 0.3) is 11.4 Å². The van der Waals surface area contributed by atoms with Gasteiger partial charge < -0.3 is 10.6 Å². The van der Waals surface area contributed by atoms with Crippen LogP contribution in [0, 0.1) is 34.6 Å². The fourth-order valence-corrected chi connectivity index (χ4v) is 4.32. The second-order valence-corrected chi connectivity index (χ2v) is 9.53. The number of anilines is 1. The minimum atomic E-state index is 0.671. The van der Waals surface area contributed by atoms with Gasteiger partial charge in [-0.2, -0.15) is 5.10 Å². The van der Waals surface area contributed by atoms with E-state index in [0.717, 1.165) is 40.4 Å². The van der Waals surface area contributed by atoms with E-state index in [1.807, 2.05) is 16.9 Å². The van der Waals surface area contributed by atoms with Crippen molar-refractivity contribution in [1.82, 2.24) is 15.1 Å². The van der Waals surface area contributed by atoms with E-state index in [0.29, 0.717) is 6.54 Å². The van der Waals surface area contributed by atoms with Crippen molar-refractivity contribution >= 4 is 17.1 Å². The Labute approximate surface area is 215 Å². The molecule has 0 amide bonds. The van der Waals surface area contributed by atoms with Crippen LogP contribution in [-0.2, 0) is 13.1 Å². The van der Waals surface area contributed by atoms with Gasteiger partial charge in [-0.05, 0) is 91.8 Å². The van der Waals surface area contributed by atoms with E-state index >= 15 is 0 Å². The summed E-state index contributed by atoms with van der Waals surface area (Å²) in [5, 5.41) is 11.8. The third-order valence-corrected chi connectivity index (χ3v) is 6.67. The molecule has 4 aromatic rings. The van der Waals surface area contributed by atoms with E-state index < -0.39 is 0 Å². The molecule has 0 aliphatic carbocycles. The molecular formula is C32H36N4. The largest absolute Gasteiger partial charge is 0.381 e. The maximum atomic E-state index is 4.62. The highest BCUT2D eigenvalue weighted by Gasteiger charge is 2.10. The Hall–Kier alpha value is -4.05. The molecule has 3 aromatic carbocycles. The number of rotatable bonds is 9. The predicted octanol–water partition coefficient (Wildman–Crippen LogP) is 7.34. The molecule has 1 heterocycles. The highest BCUT2D eigenvalue weighted by atomic mass is 15.3. The summed E-state index contributed by atoms with van der Waals surface area (Å²) in [4.78, 5) is 0. The maximum Gasteiger partial charge on any atom is 0.128 e. The first-order valence-electron chi connectivity index (χ1n) is 12.4. The zero-order valence-corrected chi connectivity index (χ0v) is 22.0. The van der Waals surface area contributed by atoms with Crippen LogP contribution in [-0.4, -0.2) is 9.78 Å². The van der Waals surface area contributed by atoms with Crippen molar-refractivity contribution < 1.29 is 0 Å². The molecule has 0 spiro atoms. The molecular weight excluding hydrogens is 440 g/mol. The fourth-order valence-electron chi connectivity index (χ4n) is 4.32. The third-order valence-electron chi connectivity index (χ3n) is 6.67. The summed E-state index contributed by atoms with van der Waals surface area (Å²) in [6.45, 7) is 16.4. The first-order valence-corrected chi connectivity index (χ1v) is 12.4. The maximum absolute atomic E-state index is 4.62. The van der Waals surface area contributed by atoms with Crippen LogP contribution in [0.15, 0.2) is 85.6 Å². The topological polar surface area (TPSA) is 41.9 Å². The van der Waals surface area contributed by atoms with Crippen LogP contribution in [0.5, 0.6) is 0 Å². The summed E-state index contributed by atoms with van der Waals surface area (Å²) in [5.74, 6) is 0.905. The number of aryl methyl sites for hydroxylation is 4. The van der Waals surface area contributed by atoms with Crippen LogP contribution < -0.4 is 10.6 Å². The minimum absolute atomic E-state index is 0.671. The van der Waals surface area contributed by atoms with Crippen molar-refractivity contribution in [1.29, 1.82) is 0 Å². The van der Waals surface area contributed by atoms with Crippen molar-refractivity contribution in [2.24, 2.45) is 0 Å². The molecule has 4 heteroatoms. The Bertz CT molecular complexity index is 1410. The van der Waals surface area contributed by atoms with Crippen LogP contribution in [0.3, 0.4) is 0 Å². The van der Waals surface area contributed by atoms with Crippen LogP contribution in [0.4, 0.5) is 5.69 Å². The number of allylic oxidation sites excluding steroid dienone is 2. The Kier molecular flexibility index (Phi) is 7.74.